The van der Waals surface area contributed by atoms with Crippen molar-refractivity contribution in [1.82, 2.24) is 5.01 Å². The standard InChI is InChI=1S/C25H33N3O5/c1-17(2)16-33-24-14-19(9-11-23(24)32-4)27-25(30)20-7-5-6-12-28(20)26-15-18-8-10-22(31-3)21(29)13-18/h8-11,13-15,17,20,29H,5-7,12,16H2,1-4H3,(H,27,30)/b26-15-/t20-/m0/s1. The van der Waals surface area contributed by atoms with Crippen LogP contribution in [0.1, 0.15) is 38.7 Å². The van der Waals surface area contributed by atoms with Crippen LogP contribution in [0.15, 0.2) is 41.5 Å². The molecule has 0 aliphatic carbocycles. The number of hydrazone groups is 1. The number of nitrogens with one attached hydrogen (secondary N) is 1. The van der Waals surface area contributed by atoms with Crippen molar-refractivity contribution in [2.75, 3.05) is 32.7 Å². The predicted molar refractivity (Wildman–Crippen MR) is 129 cm³/mol. The fourth-order valence-corrected chi connectivity index (χ4v) is 3.60. The number of phenolic OH excluding ortho intramolecular Hbond substituents is 1. The molecule has 0 aromatic heterocycles. The summed E-state index contributed by atoms with van der Waals surface area (Å²) in [7, 11) is 3.10. The van der Waals surface area contributed by atoms with Crippen LogP contribution in [0.4, 0.5) is 5.69 Å². The molecule has 1 atom stereocenters. The highest BCUT2D eigenvalue weighted by Crippen LogP contribution is 2.31. The van der Waals surface area contributed by atoms with Crippen molar-refractivity contribution in [1.29, 1.82) is 0 Å². The highest BCUT2D eigenvalue weighted by Gasteiger charge is 2.28. The highest BCUT2D eigenvalue weighted by molar-refractivity contribution is 5.95. The lowest BCUT2D eigenvalue weighted by atomic mass is 10.0. The lowest BCUT2D eigenvalue weighted by Gasteiger charge is -2.32. The topological polar surface area (TPSA) is 92.6 Å². The van der Waals surface area contributed by atoms with Crippen LogP contribution < -0.4 is 19.5 Å². The average molecular weight is 456 g/mol. The lowest BCUT2D eigenvalue weighted by Crippen LogP contribution is -2.44. The Morgan fingerprint density at radius 2 is 1.91 bits per heavy atom. The van der Waals surface area contributed by atoms with E-state index >= 15 is 0 Å². The van der Waals surface area contributed by atoms with E-state index in [1.807, 2.05) is 0 Å². The summed E-state index contributed by atoms with van der Waals surface area (Å²) in [5, 5.41) is 19.3. The Hall–Kier alpha value is -3.42. The molecule has 0 spiro atoms. The minimum absolute atomic E-state index is 0.0457. The number of rotatable bonds is 9. The molecule has 3 rings (SSSR count). The second-order valence-corrected chi connectivity index (χ2v) is 8.41. The Kier molecular flexibility index (Phi) is 8.40. The molecule has 178 valence electrons. The monoisotopic (exact) mass is 455 g/mol. The van der Waals surface area contributed by atoms with Gasteiger partial charge in [-0.1, -0.05) is 13.8 Å². The molecule has 0 saturated carbocycles. The Morgan fingerprint density at radius 3 is 2.61 bits per heavy atom. The molecule has 1 aliphatic heterocycles. The Morgan fingerprint density at radius 1 is 1.15 bits per heavy atom. The van der Waals surface area contributed by atoms with Crippen molar-refractivity contribution in [3.63, 3.8) is 0 Å². The van der Waals surface area contributed by atoms with E-state index in [2.05, 4.69) is 24.3 Å². The van der Waals surface area contributed by atoms with Crippen LogP contribution >= 0.6 is 0 Å². The van der Waals surface area contributed by atoms with Gasteiger partial charge in [-0.2, -0.15) is 5.10 Å². The Balaban J connectivity index is 1.71. The summed E-state index contributed by atoms with van der Waals surface area (Å²) in [5.74, 6) is 1.92. The Labute approximate surface area is 195 Å². The van der Waals surface area contributed by atoms with Crippen molar-refractivity contribution >= 4 is 17.8 Å². The molecular weight excluding hydrogens is 422 g/mol. The zero-order valence-electron chi connectivity index (χ0n) is 19.7. The van der Waals surface area contributed by atoms with Crippen molar-refractivity contribution in [2.24, 2.45) is 11.0 Å². The van der Waals surface area contributed by atoms with E-state index in [9.17, 15) is 9.90 Å². The van der Waals surface area contributed by atoms with Crippen molar-refractivity contribution in [2.45, 2.75) is 39.2 Å². The summed E-state index contributed by atoms with van der Waals surface area (Å²) in [4.78, 5) is 13.1. The van der Waals surface area contributed by atoms with Gasteiger partial charge in [0.15, 0.2) is 23.0 Å². The van der Waals surface area contributed by atoms with Crippen LogP contribution in [0.3, 0.4) is 0 Å². The summed E-state index contributed by atoms with van der Waals surface area (Å²) in [6.45, 7) is 5.38. The maximum atomic E-state index is 13.1. The highest BCUT2D eigenvalue weighted by atomic mass is 16.5. The molecule has 1 amide bonds. The fraction of sp³-hybridized carbons (Fsp3) is 0.440. The number of ether oxygens (including phenoxy) is 3. The number of hydrogen-bond acceptors (Lipinski definition) is 7. The van der Waals surface area contributed by atoms with Crippen LogP contribution in [0.5, 0.6) is 23.0 Å². The smallest absolute Gasteiger partial charge is 0.248 e. The summed E-state index contributed by atoms with van der Waals surface area (Å²) >= 11 is 0. The molecule has 0 radical (unpaired) electrons. The van der Waals surface area contributed by atoms with Crippen molar-refractivity contribution in [3.8, 4) is 23.0 Å². The number of nitrogens with zero attached hydrogens (tertiary/aromatic N) is 2. The number of phenols is 1. The molecule has 0 bridgehead atoms. The number of methoxy groups -OCH3 is 2. The number of carbonyl (C=O) groups excluding carboxylic acids is 1. The van der Waals surface area contributed by atoms with Gasteiger partial charge in [0.25, 0.3) is 0 Å². The molecule has 1 fully saturated rings. The molecule has 1 heterocycles. The van der Waals surface area contributed by atoms with Crippen LogP contribution in [0, 0.1) is 5.92 Å². The van der Waals surface area contributed by atoms with Crippen LogP contribution in [-0.2, 0) is 4.79 Å². The summed E-state index contributed by atoms with van der Waals surface area (Å²) < 4.78 is 16.3. The van der Waals surface area contributed by atoms with Gasteiger partial charge in [-0.05, 0) is 61.1 Å². The predicted octanol–water partition coefficient (Wildman–Crippen LogP) is 4.27. The number of carbonyl (C=O) groups is 1. The molecule has 1 aliphatic rings. The zero-order chi connectivity index (χ0) is 23.8. The van der Waals surface area contributed by atoms with E-state index in [1.54, 1.807) is 54.7 Å². The van der Waals surface area contributed by atoms with E-state index < -0.39 is 0 Å². The van der Waals surface area contributed by atoms with Crippen LogP contribution in [0.2, 0.25) is 0 Å². The SMILES string of the molecule is COc1ccc(/C=N\N2CCCC[C@H]2C(=O)Nc2ccc(OC)c(OCC(C)C)c2)cc1O. The third kappa shape index (κ3) is 6.54. The van der Waals surface area contributed by atoms with Gasteiger partial charge in [0.05, 0.1) is 27.0 Å². The molecule has 2 aromatic rings. The Bertz CT molecular complexity index is 977. The normalized spacial score (nSPS) is 16.2. The minimum Gasteiger partial charge on any atom is -0.504 e. The molecule has 8 nitrogen and oxygen atoms in total. The van der Waals surface area contributed by atoms with Gasteiger partial charge in [0.1, 0.15) is 6.04 Å². The first-order valence-corrected chi connectivity index (χ1v) is 11.2. The van der Waals surface area contributed by atoms with Crippen molar-refractivity contribution in [3.05, 3.63) is 42.0 Å². The third-order valence-corrected chi connectivity index (χ3v) is 5.34. The second-order valence-electron chi connectivity index (χ2n) is 8.41. The quantitative estimate of drug-likeness (QED) is 0.549. The van der Waals surface area contributed by atoms with E-state index in [0.717, 1.165) is 18.4 Å². The number of anilines is 1. The molecule has 2 N–H and O–H groups in total. The second kappa shape index (κ2) is 11.4. The largest absolute Gasteiger partial charge is 0.504 e. The van der Waals surface area contributed by atoms with Gasteiger partial charge < -0.3 is 24.6 Å². The first-order chi connectivity index (χ1) is 15.9. The van der Waals surface area contributed by atoms with Gasteiger partial charge >= 0.3 is 0 Å². The number of amides is 1. The molecular formula is C25H33N3O5. The maximum absolute atomic E-state index is 13.1. The summed E-state index contributed by atoms with van der Waals surface area (Å²) in [6, 6.07) is 10.1. The van der Waals surface area contributed by atoms with Crippen LogP contribution in [-0.4, -0.2) is 55.7 Å². The number of piperidine rings is 1. The lowest BCUT2D eigenvalue weighted by molar-refractivity contribution is -0.122. The molecule has 8 heteroatoms. The number of hydrogen-bond donors (Lipinski definition) is 2. The first-order valence-electron chi connectivity index (χ1n) is 11.2. The zero-order valence-corrected chi connectivity index (χ0v) is 19.7. The van der Waals surface area contributed by atoms with Gasteiger partial charge in [-0.15, -0.1) is 0 Å². The minimum atomic E-state index is -0.385. The first kappa shape index (κ1) is 24.2. The van der Waals surface area contributed by atoms with Gasteiger partial charge in [0.2, 0.25) is 5.91 Å². The average Bonchev–Trinajstić information content (AvgIpc) is 2.81. The van der Waals surface area contributed by atoms with Gasteiger partial charge in [0, 0.05) is 18.3 Å². The van der Waals surface area contributed by atoms with E-state index in [0.29, 0.717) is 48.4 Å². The number of aromatic hydroxyl groups is 1. The molecule has 1 saturated heterocycles. The van der Waals surface area contributed by atoms with Crippen LogP contribution in [0.25, 0.3) is 0 Å². The molecule has 33 heavy (non-hydrogen) atoms. The van der Waals surface area contributed by atoms with E-state index in [1.165, 1.54) is 7.11 Å². The summed E-state index contributed by atoms with van der Waals surface area (Å²) in [6.07, 6.45) is 4.28. The van der Waals surface area contributed by atoms with Crippen molar-refractivity contribution < 1.29 is 24.1 Å². The fourth-order valence-electron chi connectivity index (χ4n) is 3.60. The summed E-state index contributed by atoms with van der Waals surface area (Å²) in [5.41, 5.74) is 1.37. The van der Waals surface area contributed by atoms with E-state index in [4.69, 9.17) is 14.2 Å². The molecule has 0 unspecified atom stereocenters. The van der Waals surface area contributed by atoms with Gasteiger partial charge in [-0.3, -0.25) is 9.80 Å². The number of benzene rings is 2. The molecule has 2 aromatic carbocycles. The van der Waals surface area contributed by atoms with E-state index in [-0.39, 0.29) is 17.7 Å². The maximum Gasteiger partial charge on any atom is 0.248 e. The van der Waals surface area contributed by atoms with Gasteiger partial charge in [-0.25, -0.2) is 0 Å². The third-order valence-electron chi connectivity index (χ3n) is 5.34.